The first-order valence-corrected chi connectivity index (χ1v) is 5.10. The predicted octanol–water partition coefficient (Wildman–Crippen LogP) is 2.54. The summed E-state index contributed by atoms with van der Waals surface area (Å²) in [5, 5.41) is 3.76. The number of rotatable bonds is 3. The summed E-state index contributed by atoms with van der Waals surface area (Å²) in [5.74, 6) is 0. The number of hydrogen-bond donors (Lipinski definition) is 1. The maximum Gasteiger partial charge on any atom is 0.0432 e. The van der Waals surface area contributed by atoms with Crippen LogP contribution in [0.5, 0.6) is 0 Å². The number of alkyl halides is 1. The van der Waals surface area contributed by atoms with Gasteiger partial charge in [0.05, 0.1) is 0 Å². The molecule has 1 fully saturated rings. The summed E-state index contributed by atoms with van der Waals surface area (Å²) in [7, 11) is 0. The van der Waals surface area contributed by atoms with Crippen molar-refractivity contribution in [2.45, 2.75) is 50.4 Å². The van der Waals surface area contributed by atoms with Gasteiger partial charge in [-0.1, -0.05) is 19.3 Å². The highest BCUT2D eigenvalue weighted by Crippen LogP contribution is 2.17. The second-order valence-corrected chi connectivity index (χ2v) is 4.27. The maximum absolute atomic E-state index is 5.83. The molecule has 0 unspecified atom stereocenters. The molecule has 1 rings (SSSR count). The molecule has 0 aliphatic heterocycles. The minimum Gasteiger partial charge on any atom is -0.313 e. The Kier molecular flexibility index (Phi) is 4.24. The molecule has 0 heterocycles. The molecule has 0 aromatic carbocycles. The van der Waals surface area contributed by atoms with Gasteiger partial charge in [0.2, 0.25) is 0 Å². The van der Waals surface area contributed by atoms with Crippen LogP contribution in [0.1, 0.15) is 39.0 Å². The lowest BCUT2D eigenvalue weighted by Crippen LogP contribution is -2.34. The average Bonchev–Trinajstić information content (AvgIpc) is 2.03. The molecule has 2 heteroatoms. The molecule has 1 N–H and O–H groups in total. The monoisotopic (exact) mass is 175 g/mol. The summed E-state index contributed by atoms with van der Waals surface area (Å²) < 4.78 is 0. The van der Waals surface area contributed by atoms with Crippen molar-refractivity contribution >= 4 is 11.6 Å². The molecular formula is C9H18ClN. The number of hydrogen-bond acceptors (Lipinski definition) is 1. The minimum absolute atomic E-state index is 0.275. The number of nitrogens with one attached hydrogen (secondary N) is 1. The number of halogens is 1. The van der Waals surface area contributed by atoms with Gasteiger partial charge in [-0.2, -0.15) is 0 Å². The Hall–Kier alpha value is 0.250. The van der Waals surface area contributed by atoms with Crippen LogP contribution in [0.15, 0.2) is 0 Å². The highest BCUT2D eigenvalue weighted by atomic mass is 35.5. The van der Waals surface area contributed by atoms with Crippen LogP contribution in [0.4, 0.5) is 0 Å². The zero-order valence-electron chi connectivity index (χ0n) is 7.28. The Labute approximate surface area is 74.5 Å². The van der Waals surface area contributed by atoms with E-state index in [-0.39, 0.29) is 5.38 Å². The average molecular weight is 176 g/mol. The fraction of sp³-hybridized carbons (Fsp3) is 1.00. The summed E-state index contributed by atoms with van der Waals surface area (Å²) in [6, 6.07) is 0.755. The molecule has 1 nitrogen and oxygen atoms in total. The van der Waals surface area contributed by atoms with E-state index in [1.54, 1.807) is 0 Å². The van der Waals surface area contributed by atoms with Crippen molar-refractivity contribution in [3.8, 4) is 0 Å². The molecule has 1 atom stereocenters. The summed E-state index contributed by atoms with van der Waals surface area (Å²) in [6.45, 7) is 3.00. The molecule has 1 aliphatic rings. The van der Waals surface area contributed by atoms with E-state index in [4.69, 9.17) is 11.6 Å². The van der Waals surface area contributed by atoms with Gasteiger partial charge in [0.25, 0.3) is 0 Å². The summed E-state index contributed by atoms with van der Waals surface area (Å²) in [6.07, 6.45) is 6.92. The van der Waals surface area contributed by atoms with E-state index in [2.05, 4.69) is 5.32 Å². The first-order valence-electron chi connectivity index (χ1n) is 4.66. The van der Waals surface area contributed by atoms with Crippen molar-refractivity contribution in [1.82, 2.24) is 5.32 Å². The lowest BCUT2D eigenvalue weighted by Gasteiger charge is -2.23. The molecule has 0 radical (unpaired) electrons. The molecule has 11 heavy (non-hydrogen) atoms. The van der Waals surface area contributed by atoms with Gasteiger partial charge < -0.3 is 5.32 Å². The van der Waals surface area contributed by atoms with Crippen LogP contribution in [-0.4, -0.2) is 18.0 Å². The van der Waals surface area contributed by atoms with Crippen molar-refractivity contribution in [2.24, 2.45) is 0 Å². The highest BCUT2D eigenvalue weighted by Gasteiger charge is 2.12. The van der Waals surface area contributed by atoms with Gasteiger partial charge >= 0.3 is 0 Å². The Balaban J connectivity index is 2.05. The summed E-state index contributed by atoms with van der Waals surface area (Å²) in [5.41, 5.74) is 0. The van der Waals surface area contributed by atoms with Crippen molar-refractivity contribution in [3.05, 3.63) is 0 Å². The quantitative estimate of drug-likeness (QED) is 0.651. The van der Waals surface area contributed by atoms with Crippen molar-refractivity contribution < 1.29 is 0 Å². The van der Waals surface area contributed by atoms with Crippen LogP contribution >= 0.6 is 11.6 Å². The Morgan fingerprint density at radius 1 is 1.36 bits per heavy atom. The molecular weight excluding hydrogens is 158 g/mol. The highest BCUT2D eigenvalue weighted by molar-refractivity contribution is 6.20. The molecule has 0 amide bonds. The topological polar surface area (TPSA) is 12.0 Å². The van der Waals surface area contributed by atoms with Crippen LogP contribution in [0.2, 0.25) is 0 Å². The van der Waals surface area contributed by atoms with E-state index in [1.165, 1.54) is 32.1 Å². The summed E-state index contributed by atoms with van der Waals surface area (Å²) in [4.78, 5) is 0. The molecule has 0 aromatic heterocycles. The lowest BCUT2D eigenvalue weighted by atomic mass is 9.95. The standard InChI is InChI=1S/C9H18ClN/c1-8(10)7-11-9-5-3-2-4-6-9/h8-9,11H,2-7H2,1H3/t8-/m1/s1. The third-order valence-electron chi connectivity index (χ3n) is 2.29. The van der Waals surface area contributed by atoms with E-state index in [9.17, 15) is 0 Å². The van der Waals surface area contributed by atoms with Crippen LogP contribution in [-0.2, 0) is 0 Å². The van der Waals surface area contributed by atoms with Crippen molar-refractivity contribution in [3.63, 3.8) is 0 Å². The molecule has 1 aliphatic carbocycles. The zero-order valence-corrected chi connectivity index (χ0v) is 8.03. The van der Waals surface area contributed by atoms with E-state index in [0.717, 1.165) is 12.6 Å². The predicted molar refractivity (Wildman–Crippen MR) is 50.2 cm³/mol. The van der Waals surface area contributed by atoms with Crippen molar-refractivity contribution in [1.29, 1.82) is 0 Å². The SMILES string of the molecule is C[C@@H](Cl)CNC1CCCCC1. The van der Waals surface area contributed by atoms with Crippen LogP contribution in [0.25, 0.3) is 0 Å². The van der Waals surface area contributed by atoms with Gasteiger partial charge in [-0.15, -0.1) is 11.6 Å². The van der Waals surface area contributed by atoms with Crippen LogP contribution < -0.4 is 5.32 Å². The maximum atomic E-state index is 5.83. The second kappa shape index (κ2) is 5.00. The van der Waals surface area contributed by atoms with Crippen molar-refractivity contribution in [2.75, 3.05) is 6.54 Å². The van der Waals surface area contributed by atoms with Gasteiger partial charge in [-0.3, -0.25) is 0 Å². The van der Waals surface area contributed by atoms with E-state index >= 15 is 0 Å². The largest absolute Gasteiger partial charge is 0.313 e. The Morgan fingerprint density at radius 2 is 2.00 bits per heavy atom. The lowest BCUT2D eigenvalue weighted by molar-refractivity contribution is 0.375. The molecule has 66 valence electrons. The molecule has 0 saturated heterocycles. The summed E-state index contributed by atoms with van der Waals surface area (Å²) >= 11 is 5.83. The van der Waals surface area contributed by atoms with Gasteiger partial charge in [-0.25, -0.2) is 0 Å². The first kappa shape index (κ1) is 9.34. The van der Waals surface area contributed by atoms with Gasteiger partial charge in [-0.05, 0) is 19.8 Å². The third-order valence-corrected chi connectivity index (χ3v) is 2.45. The molecule has 0 spiro atoms. The molecule has 1 saturated carbocycles. The minimum atomic E-state index is 0.275. The third kappa shape index (κ3) is 3.97. The fourth-order valence-corrected chi connectivity index (χ4v) is 1.72. The van der Waals surface area contributed by atoms with Crippen LogP contribution in [0, 0.1) is 0 Å². The van der Waals surface area contributed by atoms with Crippen LogP contribution in [0.3, 0.4) is 0 Å². The van der Waals surface area contributed by atoms with Gasteiger partial charge in [0.15, 0.2) is 0 Å². The molecule has 0 aromatic rings. The zero-order chi connectivity index (χ0) is 8.10. The van der Waals surface area contributed by atoms with E-state index < -0.39 is 0 Å². The van der Waals surface area contributed by atoms with E-state index in [1.807, 2.05) is 6.92 Å². The Bertz CT molecular complexity index is 97.7. The second-order valence-electron chi connectivity index (χ2n) is 3.52. The Morgan fingerprint density at radius 3 is 2.55 bits per heavy atom. The fourth-order valence-electron chi connectivity index (χ4n) is 1.64. The van der Waals surface area contributed by atoms with Gasteiger partial charge in [0, 0.05) is 18.0 Å². The smallest absolute Gasteiger partial charge is 0.0432 e. The van der Waals surface area contributed by atoms with E-state index in [0.29, 0.717) is 0 Å². The first-order chi connectivity index (χ1) is 5.29. The van der Waals surface area contributed by atoms with Gasteiger partial charge in [0.1, 0.15) is 0 Å². The molecule has 0 bridgehead atoms. The normalized spacial score (nSPS) is 23.5.